The summed E-state index contributed by atoms with van der Waals surface area (Å²) >= 11 is 0. The molecule has 5 nitrogen and oxygen atoms in total. The van der Waals surface area contributed by atoms with E-state index in [1.807, 2.05) is 36.4 Å². The van der Waals surface area contributed by atoms with Gasteiger partial charge in [0, 0.05) is 36.6 Å². The van der Waals surface area contributed by atoms with Gasteiger partial charge in [0.05, 0.1) is 0 Å². The Balaban J connectivity index is 1.52. The molecule has 0 atom stereocenters. The van der Waals surface area contributed by atoms with Crippen molar-refractivity contribution in [1.29, 1.82) is 0 Å². The molecule has 0 radical (unpaired) electrons. The van der Waals surface area contributed by atoms with Crippen molar-refractivity contribution in [1.82, 2.24) is 20.2 Å². The number of nitrogens with zero attached hydrogens (tertiary/aromatic N) is 3. The number of nitrogens with one attached hydrogen (secondary N) is 2. The molecule has 0 unspecified atom stereocenters. The maximum Gasteiger partial charge on any atom is 0.183 e. The summed E-state index contributed by atoms with van der Waals surface area (Å²) in [5.41, 5.74) is 4.00. The van der Waals surface area contributed by atoms with Crippen molar-refractivity contribution in [3.05, 3.63) is 95.8 Å². The first-order chi connectivity index (χ1) is 13.3. The molecule has 0 saturated carbocycles. The number of rotatable bonds is 6. The molecule has 2 aromatic carbocycles. The Bertz CT molecular complexity index is 1010. The zero-order valence-corrected chi connectivity index (χ0v) is 14.6. The molecule has 134 valence electrons. The van der Waals surface area contributed by atoms with Gasteiger partial charge in [-0.05, 0) is 47.5 Å². The van der Waals surface area contributed by atoms with E-state index in [1.54, 1.807) is 24.5 Å². The highest BCUT2D eigenvalue weighted by molar-refractivity contribution is 5.73. The van der Waals surface area contributed by atoms with E-state index < -0.39 is 0 Å². The van der Waals surface area contributed by atoms with Crippen molar-refractivity contribution in [3.8, 4) is 11.4 Å². The zero-order valence-electron chi connectivity index (χ0n) is 14.6. The van der Waals surface area contributed by atoms with Crippen LogP contribution in [0.25, 0.3) is 11.4 Å². The van der Waals surface area contributed by atoms with Crippen molar-refractivity contribution >= 4 is 5.69 Å². The van der Waals surface area contributed by atoms with E-state index in [2.05, 4.69) is 25.5 Å². The van der Waals surface area contributed by atoms with Gasteiger partial charge in [0.15, 0.2) is 5.82 Å². The molecule has 2 N–H and O–H groups in total. The van der Waals surface area contributed by atoms with Gasteiger partial charge in [-0.1, -0.05) is 24.3 Å². The highest BCUT2D eigenvalue weighted by atomic mass is 19.1. The first kappa shape index (κ1) is 16.9. The van der Waals surface area contributed by atoms with Gasteiger partial charge in [0.1, 0.15) is 11.6 Å². The fourth-order valence-corrected chi connectivity index (χ4v) is 2.82. The van der Waals surface area contributed by atoms with E-state index in [0.29, 0.717) is 18.8 Å². The molecule has 4 aromatic rings. The van der Waals surface area contributed by atoms with Crippen LogP contribution in [0.4, 0.5) is 10.1 Å². The highest BCUT2D eigenvalue weighted by Crippen LogP contribution is 2.25. The van der Waals surface area contributed by atoms with Gasteiger partial charge < -0.3 is 5.32 Å². The van der Waals surface area contributed by atoms with Crippen molar-refractivity contribution in [2.24, 2.45) is 0 Å². The smallest absolute Gasteiger partial charge is 0.183 e. The van der Waals surface area contributed by atoms with Crippen molar-refractivity contribution in [2.45, 2.75) is 13.0 Å². The Kier molecular flexibility index (Phi) is 4.87. The summed E-state index contributed by atoms with van der Waals surface area (Å²) < 4.78 is 13.0. The van der Waals surface area contributed by atoms with E-state index in [-0.39, 0.29) is 5.82 Å². The topological polar surface area (TPSA) is 66.5 Å². The molecule has 2 aromatic heterocycles. The second-order valence-electron chi connectivity index (χ2n) is 6.16. The van der Waals surface area contributed by atoms with Crippen LogP contribution in [0.2, 0.25) is 0 Å². The average Bonchev–Trinajstić information content (AvgIpc) is 3.17. The number of hydrogen-bond donors (Lipinski definition) is 2. The number of hydrogen-bond acceptors (Lipinski definition) is 4. The first-order valence-electron chi connectivity index (χ1n) is 8.66. The average molecular weight is 359 g/mol. The van der Waals surface area contributed by atoms with Gasteiger partial charge >= 0.3 is 0 Å². The third kappa shape index (κ3) is 4.17. The maximum atomic E-state index is 13.0. The molecular formula is C21H18FN5. The van der Waals surface area contributed by atoms with Crippen LogP contribution >= 0.6 is 0 Å². The lowest BCUT2D eigenvalue weighted by atomic mass is 10.1. The number of benzene rings is 2. The van der Waals surface area contributed by atoms with Crippen molar-refractivity contribution in [3.63, 3.8) is 0 Å². The van der Waals surface area contributed by atoms with E-state index >= 15 is 0 Å². The summed E-state index contributed by atoms with van der Waals surface area (Å²) in [5, 5.41) is 10.8. The first-order valence-corrected chi connectivity index (χ1v) is 8.66. The second-order valence-corrected chi connectivity index (χ2v) is 6.16. The monoisotopic (exact) mass is 359 g/mol. The quantitative estimate of drug-likeness (QED) is 0.541. The Hall–Kier alpha value is -3.54. The normalized spacial score (nSPS) is 10.7. The van der Waals surface area contributed by atoms with Gasteiger partial charge in [-0.15, -0.1) is 0 Å². The lowest BCUT2D eigenvalue weighted by Gasteiger charge is -2.10. The number of halogens is 1. The SMILES string of the molecule is Fc1ccc(Cc2nc(-c3ccccc3NCc3ccncc3)n[nH]2)cc1. The van der Waals surface area contributed by atoms with Crippen LogP contribution in [-0.4, -0.2) is 20.2 Å². The molecule has 0 spiro atoms. The maximum absolute atomic E-state index is 13.0. The Morgan fingerprint density at radius 1 is 0.889 bits per heavy atom. The minimum Gasteiger partial charge on any atom is -0.380 e. The summed E-state index contributed by atoms with van der Waals surface area (Å²) in [6.45, 7) is 0.687. The van der Waals surface area contributed by atoms with Gasteiger partial charge in [-0.25, -0.2) is 9.37 Å². The van der Waals surface area contributed by atoms with Gasteiger partial charge in [-0.3, -0.25) is 10.1 Å². The number of aromatic amines is 1. The molecule has 0 bridgehead atoms. The Labute approximate surface area is 156 Å². The van der Waals surface area contributed by atoms with E-state index in [0.717, 1.165) is 28.2 Å². The van der Waals surface area contributed by atoms with E-state index in [4.69, 9.17) is 0 Å². The third-order valence-electron chi connectivity index (χ3n) is 4.22. The molecule has 6 heteroatoms. The number of aromatic nitrogens is 4. The number of para-hydroxylation sites is 1. The fourth-order valence-electron chi connectivity index (χ4n) is 2.82. The van der Waals surface area contributed by atoms with Gasteiger partial charge in [0.25, 0.3) is 0 Å². The Morgan fingerprint density at radius 2 is 1.67 bits per heavy atom. The Morgan fingerprint density at radius 3 is 2.48 bits per heavy atom. The van der Waals surface area contributed by atoms with Crippen LogP contribution in [0.5, 0.6) is 0 Å². The van der Waals surface area contributed by atoms with Crippen LogP contribution in [0.3, 0.4) is 0 Å². The van der Waals surface area contributed by atoms with Crippen molar-refractivity contribution in [2.75, 3.05) is 5.32 Å². The predicted molar refractivity (Wildman–Crippen MR) is 103 cm³/mol. The van der Waals surface area contributed by atoms with Gasteiger partial charge in [0.2, 0.25) is 0 Å². The van der Waals surface area contributed by atoms with E-state index in [9.17, 15) is 4.39 Å². The molecular weight excluding hydrogens is 341 g/mol. The molecule has 0 saturated heterocycles. The van der Waals surface area contributed by atoms with Crippen LogP contribution in [-0.2, 0) is 13.0 Å². The minimum absolute atomic E-state index is 0.244. The standard InChI is InChI=1S/C21H18FN5/c22-17-7-5-15(6-8-17)13-20-25-21(27-26-20)18-3-1-2-4-19(18)24-14-16-9-11-23-12-10-16/h1-12,24H,13-14H2,(H,25,26,27). The molecule has 27 heavy (non-hydrogen) atoms. The largest absolute Gasteiger partial charge is 0.380 e. The fraction of sp³-hybridized carbons (Fsp3) is 0.0952. The number of anilines is 1. The molecule has 0 fully saturated rings. The minimum atomic E-state index is -0.244. The van der Waals surface area contributed by atoms with Crippen LogP contribution < -0.4 is 5.32 Å². The summed E-state index contributed by atoms with van der Waals surface area (Å²) in [4.78, 5) is 8.64. The predicted octanol–water partition coefficient (Wildman–Crippen LogP) is 4.21. The van der Waals surface area contributed by atoms with Gasteiger partial charge in [-0.2, -0.15) is 5.10 Å². The molecule has 0 aliphatic carbocycles. The highest BCUT2D eigenvalue weighted by Gasteiger charge is 2.11. The van der Waals surface area contributed by atoms with Crippen LogP contribution in [0.15, 0.2) is 73.1 Å². The van der Waals surface area contributed by atoms with Crippen molar-refractivity contribution < 1.29 is 4.39 Å². The van der Waals surface area contributed by atoms with Crippen LogP contribution in [0, 0.1) is 5.82 Å². The number of pyridine rings is 1. The zero-order chi connectivity index (χ0) is 18.5. The molecule has 0 aliphatic heterocycles. The molecule has 0 aliphatic rings. The molecule has 2 heterocycles. The van der Waals surface area contributed by atoms with Crippen LogP contribution in [0.1, 0.15) is 17.0 Å². The third-order valence-corrected chi connectivity index (χ3v) is 4.22. The summed E-state index contributed by atoms with van der Waals surface area (Å²) in [7, 11) is 0. The summed E-state index contributed by atoms with van der Waals surface area (Å²) in [5.74, 6) is 1.12. The second kappa shape index (κ2) is 7.78. The van der Waals surface area contributed by atoms with E-state index in [1.165, 1.54) is 12.1 Å². The number of H-pyrrole nitrogens is 1. The molecule has 4 rings (SSSR count). The lowest BCUT2D eigenvalue weighted by molar-refractivity contribution is 0.627. The summed E-state index contributed by atoms with van der Waals surface area (Å²) in [6, 6.07) is 18.3. The summed E-state index contributed by atoms with van der Waals surface area (Å²) in [6.07, 6.45) is 4.12. The molecule has 0 amide bonds. The lowest BCUT2D eigenvalue weighted by Crippen LogP contribution is -2.01.